The summed E-state index contributed by atoms with van der Waals surface area (Å²) in [6.45, 7) is 3.52. The maximum absolute atomic E-state index is 12.1. The second kappa shape index (κ2) is 6.63. The van der Waals surface area contributed by atoms with E-state index in [4.69, 9.17) is 4.74 Å². The summed E-state index contributed by atoms with van der Waals surface area (Å²) in [7, 11) is 0. The van der Waals surface area contributed by atoms with E-state index in [1.54, 1.807) is 31.2 Å². The molecule has 0 aliphatic heterocycles. The lowest BCUT2D eigenvalue weighted by atomic mass is 10.2. The average molecular weight is 350 g/mol. The molecule has 4 nitrogen and oxygen atoms in total. The molecular weight excluding hydrogens is 334 g/mol. The molecule has 0 spiro atoms. The van der Waals surface area contributed by atoms with E-state index in [1.807, 2.05) is 25.1 Å². The summed E-state index contributed by atoms with van der Waals surface area (Å²) in [5.41, 5.74) is 1.29. The van der Waals surface area contributed by atoms with Crippen LogP contribution < -0.4 is 10.1 Å². The highest BCUT2D eigenvalue weighted by atomic mass is 79.9. The molecule has 2 N–H and O–H groups in total. The highest BCUT2D eigenvalue weighted by Crippen LogP contribution is 2.24. The van der Waals surface area contributed by atoms with Crippen LogP contribution in [0.2, 0.25) is 0 Å². The third-order valence-corrected chi connectivity index (χ3v) is 3.44. The standard InChI is InChI=1S/C16H16BrNO3/c1-10-3-8-14(15(19)9-10)18-16(20)11(2)21-13-6-4-12(17)5-7-13/h3-9,11,19H,1-2H3,(H,18,20). The fourth-order valence-corrected chi connectivity index (χ4v) is 2.02. The van der Waals surface area contributed by atoms with E-state index in [2.05, 4.69) is 21.2 Å². The summed E-state index contributed by atoms with van der Waals surface area (Å²) in [6.07, 6.45) is -0.674. The maximum Gasteiger partial charge on any atom is 0.265 e. The van der Waals surface area contributed by atoms with Gasteiger partial charge in [0.2, 0.25) is 0 Å². The van der Waals surface area contributed by atoms with Crippen molar-refractivity contribution in [2.45, 2.75) is 20.0 Å². The van der Waals surface area contributed by atoms with E-state index >= 15 is 0 Å². The van der Waals surface area contributed by atoms with Gasteiger partial charge in [-0.25, -0.2) is 0 Å². The van der Waals surface area contributed by atoms with Crippen molar-refractivity contribution in [3.63, 3.8) is 0 Å². The first-order valence-electron chi connectivity index (χ1n) is 6.48. The quantitative estimate of drug-likeness (QED) is 0.823. The van der Waals surface area contributed by atoms with E-state index in [9.17, 15) is 9.90 Å². The largest absolute Gasteiger partial charge is 0.506 e. The molecule has 0 aliphatic carbocycles. The SMILES string of the molecule is Cc1ccc(NC(=O)C(C)Oc2ccc(Br)cc2)c(O)c1. The Bertz CT molecular complexity index is 640. The first kappa shape index (κ1) is 15.4. The van der Waals surface area contributed by atoms with Crippen LogP contribution >= 0.6 is 15.9 Å². The van der Waals surface area contributed by atoms with Crippen LogP contribution in [0.1, 0.15) is 12.5 Å². The molecule has 0 saturated carbocycles. The van der Waals surface area contributed by atoms with Crippen molar-refractivity contribution in [2.75, 3.05) is 5.32 Å². The number of hydrogen-bond acceptors (Lipinski definition) is 3. The number of aryl methyl sites for hydroxylation is 1. The molecule has 0 aliphatic rings. The van der Waals surface area contributed by atoms with E-state index in [-0.39, 0.29) is 11.7 Å². The number of ether oxygens (including phenoxy) is 1. The van der Waals surface area contributed by atoms with Gasteiger partial charge < -0.3 is 15.2 Å². The van der Waals surface area contributed by atoms with E-state index in [1.165, 1.54) is 0 Å². The number of phenols is 1. The van der Waals surface area contributed by atoms with Crippen LogP contribution in [-0.2, 0) is 4.79 Å². The van der Waals surface area contributed by atoms with Crippen molar-refractivity contribution in [3.05, 3.63) is 52.5 Å². The second-order valence-corrected chi connectivity index (χ2v) is 5.64. The Hall–Kier alpha value is -2.01. The Morgan fingerprint density at radius 2 is 1.90 bits per heavy atom. The number of aromatic hydroxyl groups is 1. The summed E-state index contributed by atoms with van der Waals surface area (Å²) in [4.78, 5) is 12.1. The van der Waals surface area contributed by atoms with Crippen LogP contribution in [-0.4, -0.2) is 17.1 Å². The molecule has 21 heavy (non-hydrogen) atoms. The van der Waals surface area contributed by atoms with Crippen molar-refractivity contribution in [1.29, 1.82) is 0 Å². The highest BCUT2D eigenvalue weighted by Gasteiger charge is 2.16. The predicted molar refractivity (Wildman–Crippen MR) is 85.7 cm³/mol. The maximum atomic E-state index is 12.1. The number of rotatable bonds is 4. The molecule has 0 bridgehead atoms. The third kappa shape index (κ3) is 4.23. The van der Waals surface area contributed by atoms with Crippen LogP contribution in [0.15, 0.2) is 46.9 Å². The van der Waals surface area contributed by atoms with Crippen molar-refractivity contribution < 1.29 is 14.6 Å². The smallest absolute Gasteiger partial charge is 0.265 e. The molecule has 0 aromatic heterocycles. The highest BCUT2D eigenvalue weighted by molar-refractivity contribution is 9.10. The minimum atomic E-state index is -0.674. The van der Waals surface area contributed by atoms with Gasteiger partial charge in [-0.1, -0.05) is 22.0 Å². The van der Waals surface area contributed by atoms with Gasteiger partial charge in [0.1, 0.15) is 11.5 Å². The van der Waals surface area contributed by atoms with Gasteiger partial charge in [-0.2, -0.15) is 0 Å². The van der Waals surface area contributed by atoms with Gasteiger partial charge in [-0.3, -0.25) is 4.79 Å². The fourth-order valence-electron chi connectivity index (χ4n) is 1.75. The number of nitrogens with one attached hydrogen (secondary N) is 1. The van der Waals surface area contributed by atoms with Gasteiger partial charge in [0.15, 0.2) is 6.10 Å². The third-order valence-electron chi connectivity index (χ3n) is 2.91. The Labute approximate surface area is 131 Å². The van der Waals surface area contributed by atoms with E-state index in [0.717, 1.165) is 10.0 Å². The summed E-state index contributed by atoms with van der Waals surface area (Å²) >= 11 is 3.34. The first-order chi connectivity index (χ1) is 9.95. The van der Waals surface area contributed by atoms with E-state index in [0.29, 0.717) is 11.4 Å². The van der Waals surface area contributed by atoms with Crippen molar-refractivity contribution in [1.82, 2.24) is 0 Å². The normalized spacial score (nSPS) is 11.8. The second-order valence-electron chi connectivity index (χ2n) is 4.72. The van der Waals surface area contributed by atoms with Crippen LogP contribution in [0.5, 0.6) is 11.5 Å². The van der Waals surface area contributed by atoms with Gasteiger partial charge in [0.25, 0.3) is 5.91 Å². The van der Waals surface area contributed by atoms with Crippen LogP contribution in [0, 0.1) is 6.92 Å². The number of hydrogen-bond donors (Lipinski definition) is 2. The Kier molecular flexibility index (Phi) is 4.85. The molecule has 110 valence electrons. The van der Waals surface area contributed by atoms with Gasteiger partial charge in [-0.15, -0.1) is 0 Å². The van der Waals surface area contributed by atoms with Crippen LogP contribution in [0.3, 0.4) is 0 Å². The Morgan fingerprint density at radius 1 is 1.24 bits per heavy atom. The molecule has 2 aromatic carbocycles. The number of phenolic OH excluding ortho intramolecular Hbond substituents is 1. The molecule has 0 heterocycles. The minimum Gasteiger partial charge on any atom is -0.506 e. The molecule has 0 radical (unpaired) electrons. The van der Waals surface area contributed by atoms with Crippen molar-refractivity contribution >= 4 is 27.5 Å². The zero-order valence-electron chi connectivity index (χ0n) is 11.8. The zero-order valence-corrected chi connectivity index (χ0v) is 13.3. The molecule has 2 aromatic rings. The van der Waals surface area contributed by atoms with Gasteiger partial charge in [0, 0.05) is 4.47 Å². The summed E-state index contributed by atoms with van der Waals surface area (Å²) in [5, 5.41) is 12.4. The van der Waals surface area contributed by atoms with Gasteiger partial charge >= 0.3 is 0 Å². The zero-order chi connectivity index (χ0) is 15.4. The number of carbonyl (C=O) groups is 1. The van der Waals surface area contributed by atoms with Gasteiger partial charge in [-0.05, 0) is 55.8 Å². The molecule has 1 atom stereocenters. The average Bonchev–Trinajstić information content (AvgIpc) is 2.44. The molecular formula is C16H16BrNO3. The van der Waals surface area contributed by atoms with Crippen LogP contribution in [0.25, 0.3) is 0 Å². The minimum absolute atomic E-state index is 0.0409. The Balaban J connectivity index is 2.00. The molecule has 2 rings (SSSR count). The molecule has 1 unspecified atom stereocenters. The van der Waals surface area contributed by atoms with Crippen molar-refractivity contribution in [2.24, 2.45) is 0 Å². The number of anilines is 1. The van der Waals surface area contributed by atoms with Crippen LogP contribution in [0.4, 0.5) is 5.69 Å². The number of amides is 1. The lowest BCUT2D eigenvalue weighted by Gasteiger charge is -2.15. The number of carbonyl (C=O) groups excluding carboxylic acids is 1. The van der Waals surface area contributed by atoms with Gasteiger partial charge in [0.05, 0.1) is 5.69 Å². The lowest BCUT2D eigenvalue weighted by Crippen LogP contribution is -2.30. The molecule has 5 heteroatoms. The van der Waals surface area contributed by atoms with Crippen molar-refractivity contribution in [3.8, 4) is 11.5 Å². The molecule has 0 saturated heterocycles. The first-order valence-corrected chi connectivity index (χ1v) is 7.27. The lowest BCUT2D eigenvalue weighted by molar-refractivity contribution is -0.122. The monoisotopic (exact) mass is 349 g/mol. The number of benzene rings is 2. The Morgan fingerprint density at radius 3 is 2.52 bits per heavy atom. The predicted octanol–water partition coefficient (Wildman–Crippen LogP) is 3.87. The molecule has 1 amide bonds. The number of halogens is 1. The summed E-state index contributed by atoms with van der Waals surface area (Å²) in [5.74, 6) is 0.324. The van der Waals surface area contributed by atoms with E-state index < -0.39 is 6.10 Å². The fraction of sp³-hybridized carbons (Fsp3) is 0.188. The topological polar surface area (TPSA) is 58.6 Å². The summed E-state index contributed by atoms with van der Waals surface area (Å²) < 4.78 is 6.49. The summed E-state index contributed by atoms with van der Waals surface area (Å²) in [6, 6.07) is 12.3. The molecule has 0 fully saturated rings.